The minimum absolute atomic E-state index is 0. The van der Waals surface area contributed by atoms with Gasteiger partial charge in [-0.05, 0) is 40.0 Å². The molecular weight excluding hydrogens is 419 g/mol. The van der Waals surface area contributed by atoms with E-state index in [0.29, 0.717) is 24.9 Å². The number of amides is 1. The normalized spacial score (nSPS) is 16.8. The number of halogens is 1. The molecule has 6 nitrogen and oxygen atoms in total. The van der Waals surface area contributed by atoms with Crippen molar-refractivity contribution in [3.8, 4) is 0 Å². The second-order valence-electron chi connectivity index (χ2n) is 6.63. The van der Waals surface area contributed by atoms with Crippen LogP contribution in [0.4, 0.5) is 0 Å². The Morgan fingerprint density at radius 1 is 1.38 bits per heavy atom. The first-order chi connectivity index (χ1) is 10.9. The number of nitrogens with zero attached hydrogens (tertiary/aromatic N) is 2. The SMILES string of the molecule is CCNC(=NCC(C)(C)OC)NCCC(CC)N1CCCC1=O.I. The molecule has 0 saturated carbocycles. The van der Waals surface area contributed by atoms with Crippen LogP contribution >= 0.6 is 24.0 Å². The Kier molecular flexibility index (Phi) is 11.6. The highest BCUT2D eigenvalue weighted by Crippen LogP contribution is 2.17. The molecular formula is C17H35IN4O2. The van der Waals surface area contributed by atoms with Gasteiger partial charge in [-0.25, -0.2) is 0 Å². The molecule has 1 atom stereocenters. The minimum Gasteiger partial charge on any atom is -0.377 e. The molecule has 0 radical (unpaired) electrons. The van der Waals surface area contributed by atoms with Crippen molar-refractivity contribution in [2.75, 3.05) is 33.3 Å². The zero-order chi connectivity index (χ0) is 17.3. The molecule has 0 bridgehead atoms. The quantitative estimate of drug-likeness (QED) is 0.319. The molecule has 1 heterocycles. The lowest BCUT2D eigenvalue weighted by Gasteiger charge is -2.27. The van der Waals surface area contributed by atoms with Crippen molar-refractivity contribution >= 4 is 35.8 Å². The van der Waals surface area contributed by atoms with Gasteiger partial charge in [-0.2, -0.15) is 0 Å². The van der Waals surface area contributed by atoms with Gasteiger partial charge in [0.25, 0.3) is 0 Å². The van der Waals surface area contributed by atoms with Crippen LogP contribution < -0.4 is 10.6 Å². The first-order valence-corrected chi connectivity index (χ1v) is 8.80. The Labute approximate surface area is 164 Å². The molecule has 1 fully saturated rings. The molecule has 0 spiro atoms. The van der Waals surface area contributed by atoms with E-state index >= 15 is 0 Å². The largest absolute Gasteiger partial charge is 0.377 e. The lowest BCUT2D eigenvalue weighted by atomic mass is 10.1. The average molecular weight is 454 g/mol. The van der Waals surface area contributed by atoms with Crippen LogP contribution in [0.2, 0.25) is 0 Å². The smallest absolute Gasteiger partial charge is 0.222 e. The summed E-state index contributed by atoms with van der Waals surface area (Å²) in [6.07, 6.45) is 3.65. The first kappa shape index (κ1) is 23.4. The Balaban J connectivity index is 0.00000529. The summed E-state index contributed by atoms with van der Waals surface area (Å²) in [6.45, 7) is 11.4. The summed E-state index contributed by atoms with van der Waals surface area (Å²) in [7, 11) is 1.70. The standard InChI is InChI=1S/C17H34N4O2.HI/c1-6-14(21-12-8-9-15(21)22)10-11-19-16(18-7-2)20-13-17(3,4)23-5;/h14H,6-13H2,1-5H3,(H2,18,19,20);1H. The summed E-state index contributed by atoms with van der Waals surface area (Å²) < 4.78 is 5.40. The van der Waals surface area contributed by atoms with Crippen LogP contribution in [0.5, 0.6) is 0 Å². The van der Waals surface area contributed by atoms with Crippen molar-refractivity contribution in [3.63, 3.8) is 0 Å². The van der Waals surface area contributed by atoms with Gasteiger partial charge in [-0.15, -0.1) is 24.0 Å². The number of carbonyl (C=O) groups is 1. The van der Waals surface area contributed by atoms with Crippen molar-refractivity contribution in [1.29, 1.82) is 0 Å². The number of guanidine groups is 1. The van der Waals surface area contributed by atoms with Gasteiger partial charge in [0.2, 0.25) is 5.91 Å². The lowest BCUT2D eigenvalue weighted by molar-refractivity contribution is -0.129. The Morgan fingerprint density at radius 3 is 2.58 bits per heavy atom. The number of aliphatic imine (C=N–C) groups is 1. The summed E-state index contributed by atoms with van der Waals surface area (Å²) in [4.78, 5) is 18.5. The topological polar surface area (TPSA) is 66.0 Å². The van der Waals surface area contributed by atoms with E-state index < -0.39 is 0 Å². The monoisotopic (exact) mass is 454 g/mol. The van der Waals surface area contributed by atoms with Crippen molar-refractivity contribution in [3.05, 3.63) is 0 Å². The van der Waals surface area contributed by atoms with Crippen molar-refractivity contribution in [2.45, 2.75) is 65.0 Å². The van der Waals surface area contributed by atoms with Crippen molar-refractivity contribution in [2.24, 2.45) is 4.99 Å². The van der Waals surface area contributed by atoms with Crippen LogP contribution in [-0.4, -0.2) is 61.7 Å². The Hall–Kier alpha value is -0.570. The molecule has 1 aliphatic heterocycles. The molecule has 1 rings (SSSR count). The summed E-state index contributed by atoms with van der Waals surface area (Å²) >= 11 is 0. The van der Waals surface area contributed by atoms with Crippen LogP contribution in [0.15, 0.2) is 4.99 Å². The van der Waals surface area contributed by atoms with Gasteiger partial charge >= 0.3 is 0 Å². The van der Waals surface area contributed by atoms with Gasteiger partial charge in [0.05, 0.1) is 12.1 Å². The highest BCUT2D eigenvalue weighted by atomic mass is 127. The summed E-state index contributed by atoms with van der Waals surface area (Å²) in [5.74, 6) is 1.11. The zero-order valence-electron chi connectivity index (χ0n) is 15.9. The highest BCUT2D eigenvalue weighted by molar-refractivity contribution is 14.0. The van der Waals surface area contributed by atoms with Gasteiger partial charge in [-0.3, -0.25) is 9.79 Å². The third kappa shape index (κ3) is 8.00. The predicted molar refractivity (Wildman–Crippen MR) is 110 cm³/mol. The molecule has 1 amide bonds. The number of methoxy groups -OCH3 is 1. The molecule has 7 heteroatoms. The molecule has 0 aromatic carbocycles. The predicted octanol–water partition coefficient (Wildman–Crippen LogP) is 2.38. The van der Waals surface area contributed by atoms with Gasteiger partial charge in [0.15, 0.2) is 5.96 Å². The lowest BCUT2D eigenvalue weighted by Crippen LogP contribution is -2.42. The van der Waals surface area contributed by atoms with E-state index in [1.807, 2.05) is 18.7 Å². The number of carbonyl (C=O) groups excluding carboxylic acids is 1. The fourth-order valence-corrected chi connectivity index (χ4v) is 2.67. The Bertz CT molecular complexity index is 402. The molecule has 0 aromatic rings. The highest BCUT2D eigenvalue weighted by Gasteiger charge is 2.26. The fourth-order valence-electron chi connectivity index (χ4n) is 2.67. The maximum absolute atomic E-state index is 11.9. The maximum Gasteiger partial charge on any atom is 0.222 e. The van der Waals surface area contributed by atoms with Crippen LogP contribution in [0.25, 0.3) is 0 Å². The molecule has 1 saturated heterocycles. The number of likely N-dealkylation sites (tertiary alicyclic amines) is 1. The van der Waals surface area contributed by atoms with Crippen LogP contribution in [0.1, 0.15) is 53.4 Å². The van der Waals surface area contributed by atoms with Gasteiger partial charge in [0, 0.05) is 39.2 Å². The molecule has 0 aliphatic carbocycles. The van der Waals surface area contributed by atoms with E-state index in [-0.39, 0.29) is 29.6 Å². The van der Waals surface area contributed by atoms with Gasteiger partial charge in [0.1, 0.15) is 0 Å². The fraction of sp³-hybridized carbons (Fsp3) is 0.882. The van der Waals surface area contributed by atoms with Gasteiger partial charge in [-0.1, -0.05) is 6.92 Å². The minimum atomic E-state index is -0.268. The molecule has 24 heavy (non-hydrogen) atoms. The summed E-state index contributed by atoms with van der Waals surface area (Å²) in [5.41, 5.74) is -0.268. The summed E-state index contributed by atoms with van der Waals surface area (Å²) in [5, 5.41) is 6.62. The van der Waals surface area contributed by atoms with E-state index in [0.717, 1.165) is 44.9 Å². The summed E-state index contributed by atoms with van der Waals surface area (Å²) in [6, 6.07) is 0.329. The first-order valence-electron chi connectivity index (χ1n) is 8.80. The van der Waals surface area contributed by atoms with Crippen LogP contribution in [-0.2, 0) is 9.53 Å². The number of rotatable bonds is 9. The van der Waals surface area contributed by atoms with Crippen LogP contribution in [0, 0.1) is 0 Å². The number of hydrogen-bond donors (Lipinski definition) is 2. The Morgan fingerprint density at radius 2 is 2.08 bits per heavy atom. The van der Waals surface area contributed by atoms with Crippen LogP contribution in [0.3, 0.4) is 0 Å². The third-order valence-corrected chi connectivity index (χ3v) is 4.31. The van der Waals surface area contributed by atoms with E-state index in [2.05, 4.69) is 29.5 Å². The average Bonchev–Trinajstić information content (AvgIpc) is 2.95. The number of nitrogens with one attached hydrogen (secondary N) is 2. The van der Waals surface area contributed by atoms with Crippen molar-refractivity contribution < 1.29 is 9.53 Å². The molecule has 0 aromatic heterocycles. The second-order valence-corrected chi connectivity index (χ2v) is 6.63. The third-order valence-electron chi connectivity index (χ3n) is 4.31. The molecule has 2 N–H and O–H groups in total. The van der Waals surface area contributed by atoms with E-state index in [9.17, 15) is 4.79 Å². The second kappa shape index (κ2) is 11.9. The van der Waals surface area contributed by atoms with Crippen molar-refractivity contribution in [1.82, 2.24) is 15.5 Å². The van der Waals surface area contributed by atoms with E-state index in [1.165, 1.54) is 0 Å². The van der Waals surface area contributed by atoms with E-state index in [4.69, 9.17) is 4.74 Å². The maximum atomic E-state index is 11.9. The molecule has 1 unspecified atom stereocenters. The van der Waals surface area contributed by atoms with Gasteiger partial charge < -0.3 is 20.3 Å². The number of hydrogen-bond acceptors (Lipinski definition) is 3. The molecule has 1 aliphatic rings. The zero-order valence-corrected chi connectivity index (χ0v) is 18.2. The molecule has 142 valence electrons. The number of ether oxygens (including phenoxy) is 1. The van der Waals surface area contributed by atoms with E-state index in [1.54, 1.807) is 7.11 Å².